The lowest BCUT2D eigenvalue weighted by molar-refractivity contribution is 0.281. The Kier molecular flexibility index (Phi) is 3.26. The Balaban J connectivity index is 2.05. The van der Waals surface area contributed by atoms with Crippen LogP contribution >= 0.6 is 0 Å². The van der Waals surface area contributed by atoms with Crippen molar-refractivity contribution in [1.82, 2.24) is 30.6 Å². The number of rotatable bonds is 4. The van der Waals surface area contributed by atoms with Crippen molar-refractivity contribution in [2.24, 2.45) is 0 Å². The van der Waals surface area contributed by atoms with Crippen LogP contribution in [-0.2, 0) is 0 Å². The minimum atomic E-state index is 0.177. The molecular formula is C14H10N6O4. The third kappa shape index (κ3) is 2.12. The average Bonchev–Trinajstić information content (AvgIpc) is 3.29. The summed E-state index contributed by atoms with van der Waals surface area (Å²) >= 11 is 0. The lowest BCUT2D eigenvalue weighted by Crippen LogP contribution is -1.98. The number of para-hydroxylation sites is 2. The van der Waals surface area contributed by atoms with E-state index in [9.17, 15) is 0 Å². The fraction of sp³-hybridized carbons (Fsp3) is 0.143. The van der Waals surface area contributed by atoms with Gasteiger partial charge in [-0.25, -0.2) is 19.2 Å². The SMILES string of the molecule is COc1nonc1-c1nc2ccccc2nc1-c1nonc1OC. The summed E-state index contributed by atoms with van der Waals surface area (Å²) in [6.07, 6.45) is 0. The van der Waals surface area contributed by atoms with Crippen molar-refractivity contribution in [1.29, 1.82) is 0 Å². The summed E-state index contributed by atoms with van der Waals surface area (Å²) in [5.74, 6) is 0.354. The lowest BCUT2D eigenvalue weighted by atomic mass is 10.1. The van der Waals surface area contributed by atoms with E-state index in [1.54, 1.807) is 0 Å². The molecule has 0 saturated carbocycles. The highest BCUT2D eigenvalue weighted by molar-refractivity contribution is 5.86. The molecule has 0 amide bonds. The summed E-state index contributed by atoms with van der Waals surface area (Å²) in [5.41, 5.74) is 2.63. The van der Waals surface area contributed by atoms with Crippen LogP contribution in [-0.4, -0.2) is 44.8 Å². The van der Waals surface area contributed by atoms with Gasteiger partial charge in [0, 0.05) is 0 Å². The molecule has 0 spiro atoms. The molecule has 4 rings (SSSR count). The molecule has 0 atom stereocenters. The van der Waals surface area contributed by atoms with E-state index in [2.05, 4.69) is 30.6 Å². The standard InChI is InChI=1S/C14H10N6O4/c1-21-13-11(17-23-19-13)9-10(12-14(22-2)20-24-18-12)16-8-6-4-3-5-7(8)15-9/h3-6H,1-2H3. The van der Waals surface area contributed by atoms with Crippen LogP contribution in [0.3, 0.4) is 0 Å². The van der Waals surface area contributed by atoms with Crippen LogP contribution in [0, 0.1) is 0 Å². The zero-order valence-corrected chi connectivity index (χ0v) is 12.6. The van der Waals surface area contributed by atoms with E-state index in [0.29, 0.717) is 22.4 Å². The highest BCUT2D eigenvalue weighted by atomic mass is 16.6. The van der Waals surface area contributed by atoms with Crippen LogP contribution in [0.2, 0.25) is 0 Å². The smallest absolute Gasteiger partial charge is 0.285 e. The van der Waals surface area contributed by atoms with Gasteiger partial charge in [-0.2, -0.15) is 0 Å². The first-order chi connectivity index (χ1) is 11.8. The lowest BCUT2D eigenvalue weighted by Gasteiger charge is -2.06. The number of benzene rings is 1. The maximum Gasteiger partial charge on any atom is 0.285 e. The van der Waals surface area contributed by atoms with Crippen molar-refractivity contribution in [3.63, 3.8) is 0 Å². The van der Waals surface area contributed by atoms with Crippen LogP contribution in [0.25, 0.3) is 33.8 Å². The van der Waals surface area contributed by atoms with Gasteiger partial charge >= 0.3 is 0 Å². The first kappa shape index (κ1) is 14.1. The first-order valence-electron chi connectivity index (χ1n) is 6.82. The topological polar surface area (TPSA) is 122 Å². The normalized spacial score (nSPS) is 10.9. The minimum Gasteiger partial charge on any atom is -0.477 e. The molecule has 120 valence electrons. The molecule has 3 aromatic heterocycles. The van der Waals surface area contributed by atoms with Gasteiger partial charge in [0.1, 0.15) is 11.4 Å². The van der Waals surface area contributed by atoms with Gasteiger partial charge in [-0.05, 0) is 32.8 Å². The van der Waals surface area contributed by atoms with Crippen LogP contribution in [0.4, 0.5) is 0 Å². The van der Waals surface area contributed by atoms with Crippen LogP contribution in [0.1, 0.15) is 0 Å². The highest BCUT2D eigenvalue weighted by Crippen LogP contribution is 2.36. The van der Waals surface area contributed by atoms with Crippen LogP contribution in [0.5, 0.6) is 11.8 Å². The number of nitrogens with zero attached hydrogens (tertiary/aromatic N) is 6. The third-order valence-electron chi connectivity index (χ3n) is 3.32. The molecule has 0 N–H and O–H groups in total. The fourth-order valence-corrected chi connectivity index (χ4v) is 2.25. The predicted octanol–water partition coefficient (Wildman–Crippen LogP) is 1.75. The Labute approximate surface area is 134 Å². The van der Waals surface area contributed by atoms with Crippen LogP contribution < -0.4 is 9.47 Å². The van der Waals surface area contributed by atoms with Crippen molar-refractivity contribution >= 4 is 11.0 Å². The van der Waals surface area contributed by atoms with E-state index < -0.39 is 0 Å². The molecule has 1 aromatic carbocycles. The van der Waals surface area contributed by atoms with Crippen molar-refractivity contribution in [2.45, 2.75) is 0 Å². The molecule has 10 heteroatoms. The Morgan fingerprint density at radius 1 is 0.667 bits per heavy atom. The fourth-order valence-electron chi connectivity index (χ4n) is 2.25. The Bertz CT molecular complexity index is 931. The molecule has 0 bridgehead atoms. The van der Waals surface area contributed by atoms with Crippen molar-refractivity contribution in [3.8, 4) is 34.5 Å². The molecule has 24 heavy (non-hydrogen) atoms. The van der Waals surface area contributed by atoms with E-state index in [1.165, 1.54) is 14.2 Å². The summed E-state index contributed by atoms with van der Waals surface area (Å²) in [4.78, 5) is 9.18. The largest absolute Gasteiger partial charge is 0.477 e. The van der Waals surface area contributed by atoms with Gasteiger partial charge < -0.3 is 9.47 Å². The van der Waals surface area contributed by atoms with E-state index in [-0.39, 0.29) is 23.1 Å². The first-order valence-corrected chi connectivity index (χ1v) is 6.82. The summed E-state index contributed by atoms with van der Waals surface area (Å²) in [6, 6.07) is 7.37. The third-order valence-corrected chi connectivity index (χ3v) is 3.32. The second kappa shape index (κ2) is 5.57. The number of hydrogen-bond donors (Lipinski definition) is 0. The van der Waals surface area contributed by atoms with Gasteiger partial charge in [-0.3, -0.25) is 0 Å². The molecule has 0 aliphatic rings. The Morgan fingerprint density at radius 2 is 1.12 bits per heavy atom. The molecule has 0 aliphatic heterocycles. The van der Waals surface area contributed by atoms with Gasteiger partial charge in [-0.15, -0.1) is 0 Å². The average molecular weight is 326 g/mol. The van der Waals surface area contributed by atoms with Gasteiger partial charge in [0.25, 0.3) is 11.8 Å². The molecule has 3 heterocycles. The summed E-state index contributed by atoms with van der Waals surface area (Å²) in [6.45, 7) is 0. The number of methoxy groups -OCH3 is 2. The van der Waals surface area contributed by atoms with Crippen molar-refractivity contribution in [3.05, 3.63) is 24.3 Å². The minimum absolute atomic E-state index is 0.177. The van der Waals surface area contributed by atoms with Gasteiger partial charge in [0.05, 0.1) is 25.3 Å². The van der Waals surface area contributed by atoms with Gasteiger partial charge in [-0.1, -0.05) is 12.1 Å². The molecule has 4 aromatic rings. The molecule has 0 unspecified atom stereocenters. The predicted molar refractivity (Wildman–Crippen MR) is 79.2 cm³/mol. The summed E-state index contributed by atoms with van der Waals surface area (Å²) < 4.78 is 19.8. The van der Waals surface area contributed by atoms with E-state index in [4.69, 9.17) is 18.7 Å². The Hall–Kier alpha value is -3.56. The van der Waals surface area contributed by atoms with Gasteiger partial charge in [0.2, 0.25) is 0 Å². The number of fused-ring (bicyclic) bond motifs is 1. The highest BCUT2D eigenvalue weighted by Gasteiger charge is 2.26. The second-order valence-electron chi connectivity index (χ2n) is 4.65. The molecule has 0 fully saturated rings. The quantitative estimate of drug-likeness (QED) is 0.548. The maximum atomic E-state index is 5.15. The second-order valence-corrected chi connectivity index (χ2v) is 4.65. The van der Waals surface area contributed by atoms with E-state index in [1.807, 2.05) is 24.3 Å². The summed E-state index contributed by atoms with van der Waals surface area (Å²) in [7, 11) is 2.91. The monoisotopic (exact) mass is 326 g/mol. The van der Waals surface area contributed by atoms with E-state index in [0.717, 1.165) is 0 Å². The number of ether oxygens (including phenoxy) is 2. The van der Waals surface area contributed by atoms with E-state index >= 15 is 0 Å². The summed E-state index contributed by atoms with van der Waals surface area (Å²) in [5, 5.41) is 15.1. The van der Waals surface area contributed by atoms with Crippen LogP contribution in [0.15, 0.2) is 33.5 Å². The molecule has 0 saturated heterocycles. The van der Waals surface area contributed by atoms with Crippen molar-refractivity contribution < 1.29 is 18.7 Å². The van der Waals surface area contributed by atoms with Crippen molar-refractivity contribution in [2.75, 3.05) is 14.2 Å². The maximum absolute atomic E-state index is 5.15. The number of aromatic nitrogens is 6. The molecule has 0 radical (unpaired) electrons. The number of hydrogen-bond acceptors (Lipinski definition) is 10. The van der Waals surface area contributed by atoms with Gasteiger partial charge in [0.15, 0.2) is 11.4 Å². The zero-order chi connectivity index (χ0) is 16.5. The Morgan fingerprint density at radius 3 is 1.54 bits per heavy atom. The molecule has 10 nitrogen and oxygen atoms in total. The molecule has 0 aliphatic carbocycles. The zero-order valence-electron chi connectivity index (χ0n) is 12.6. The molecular weight excluding hydrogens is 316 g/mol.